The molecule has 1 saturated carbocycles. The summed E-state index contributed by atoms with van der Waals surface area (Å²) < 4.78 is 61.1. The lowest BCUT2D eigenvalue weighted by Crippen LogP contribution is -2.64. The predicted octanol–water partition coefficient (Wildman–Crippen LogP) is 0.579. The largest absolute Gasteiger partial charge is 0.472 e. The molecule has 56 heavy (non-hydrogen) atoms. The van der Waals surface area contributed by atoms with Crippen LogP contribution in [0.5, 0.6) is 5.75 Å². The Balaban J connectivity index is 1.78. The molecule has 0 aromatic heterocycles. The van der Waals surface area contributed by atoms with Gasteiger partial charge < -0.3 is 57.2 Å². The van der Waals surface area contributed by atoms with E-state index >= 15 is 0 Å². The number of ether oxygens (including phenoxy) is 11. The molecule has 0 amide bonds. The fraction of sp³-hybridized carbons (Fsp3) is 0.556. The van der Waals surface area contributed by atoms with Gasteiger partial charge in [-0.15, -0.1) is 0 Å². The van der Waals surface area contributed by atoms with E-state index in [0.717, 1.165) is 47.8 Å². The molecule has 0 bridgehead atoms. The zero-order valence-electron chi connectivity index (χ0n) is 31.4. The van der Waals surface area contributed by atoms with Crippen LogP contribution in [-0.2, 0) is 80.9 Å². The minimum atomic E-state index is -2.44. The molecule has 1 saturated heterocycles. The summed E-state index contributed by atoms with van der Waals surface area (Å²) in [7, 11) is 0. The Morgan fingerprint density at radius 2 is 1.21 bits per heavy atom. The minimum absolute atomic E-state index is 0.0317. The van der Waals surface area contributed by atoms with Crippen LogP contribution in [0.25, 0.3) is 0 Å². The van der Waals surface area contributed by atoms with Crippen molar-refractivity contribution in [1.29, 1.82) is 0 Å². The molecule has 306 valence electrons. The second kappa shape index (κ2) is 18.4. The first-order chi connectivity index (χ1) is 26.3. The normalized spacial score (nSPS) is 30.3. The van der Waals surface area contributed by atoms with Crippen molar-refractivity contribution in [3.63, 3.8) is 0 Å². The molecule has 20 nitrogen and oxygen atoms in total. The average molecular weight is 795 g/mol. The summed E-state index contributed by atoms with van der Waals surface area (Å²) in [5.41, 5.74) is -2.48. The topological polar surface area (TPSA) is 258 Å². The zero-order valence-corrected chi connectivity index (χ0v) is 31.4. The summed E-state index contributed by atoms with van der Waals surface area (Å²) in [6, 6.07) is 5.27. The molecule has 2 aliphatic heterocycles. The summed E-state index contributed by atoms with van der Waals surface area (Å²) in [6.45, 7) is 6.02. The van der Waals surface area contributed by atoms with E-state index in [1.807, 2.05) is 0 Å². The number of fused-ring (bicyclic) bond motifs is 1. The summed E-state index contributed by atoms with van der Waals surface area (Å²) >= 11 is 0. The maximum Gasteiger partial charge on any atom is 0.338 e. The van der Waals surface area contributed by atoms with Crippen molar-refractivity contribution in [2.75, 3.05) is 13.2 Å². The van der Waals surface area contributed by atoms with Crippen molar-refractivity contribution < 1.29 is 95.6 Å². The van der Waals surface area contributed by atoms with Gasteiger partial charge in [-0.25, -0.2) is 4.79 Å². The summed E-state index contributed by atoms with van der Waals surface area (Å²) in [6.07, 6.45) is -10.6. The predicted molar refractivity (Wildman–Crippen MR) is 178 cm³/mol. The minimum Gasteiger partial charge on any atom is -0.472 e. The second-order valence-electron chi connectivity index (χ2n) is 12.9. The van der Waals surface area contributed by atoms with Crippen LogP contribution in [0.4, 0.5) is 0 Å². The Kier molecular flexibility index (Phi) is 14.1. The fourth-order valence-corrected chi connectivity index (χ4v) is 6.61. The van der Waals surface area contributed by atoms with Crippen molar-refractivity contribution >= 4 is 47.8 Å². The highest BCUT2D eigenvalue weighted by Gasteiger charge is 2.68. The van der Waals surface area contributed by atoms with Gasteiger partial charge in [0.1, 0.15) is 36.8 Å². The number of carbonyl (C=O) groups is 8. The Morgan fingerprint density at radius 3 is 1.77 bits per heavy atom. The van der Waals surface area contributed by atoms with E-state index in [2.05, 4.69) is 0 Å². The van der Waals surface area contributed by atoms with Crippen molar-refractivity contribution in [2.45, 2.75) is 103 Å². The van der Waals surface area contributed by atoms with E-state index in [9.17, 15) is 43.5 Å². The van der Waals surface area contributed by atoms with Crippen LogP contribution < -0.4 is 4.74 Å². The number of carbonyl (C=O) groups excluding carboxylic acids is 8. The lowest BCUT2D eigenvalue weighted by molar-refractivity contribution is -0.350. The second-order valence-corrected chi connectivity index (χ2v) is 12.9. The van der Waals surface area contributed by atoms with Crippen molar-refractivity contribution in [3.05, 3.63) is 42.2 Å². The number of benzene rings is 1. The lowest BCUT2D eigenvalue weighted by Gasteiger charge is -2.46. The van der Waals surface area contributed by atoms with E-state index in [1.165, 1.54) is 37.3 Å². The van der Waals surface area contributed by atoms with Crippen LogP contribution in [-0.4, -0.2) is 121 Å². The summed E-state index contributed by atoms with van der Waals surface area (Å²) in [5.74, 6) is -9.25. The molecule has 2 heterocycles. The van der Waals surface area contributed by atoms with Gasteiger partial charge in [-0.3, -0.25) is 33.6 Å². The van der Waals surface area contributed by atoms with Gasteiger partial charge in [0.2, 0.25) is 12.6 Å². The molecule has 3 aliphatic rings. The molecule has 4 rings (SSSR count). The summed E-state index contributed by atoms with van der Waals surface area (Å²) in [5, 5.41) is 12.4. The van der Waals surface area contributed by atoms with E-state index in [-0.39, 0.29) is 11.3 Å². The van der Waals surface area contributed by atoms with Gasteiger partial charge in [0.25, 0.3) is 0 Å². The van der Waals surface area contributed by atoms with Gasteiger partial charge in [0, 0.05) is 54.4 Å². The van der Waals surface area contributed by atoms with Crippen LogP contribution in [0.3, 0.4) is 0 Å². The SMILES string of the molecule is CC(=O)OCC1OC(OC2OC=CC3C(OC(=O)c4ccc(OC(C)=O)cc4)C(OC(C)=O)C(O)(COC(C)=O)C23)C(OC(C)=O)C(OC(C)=O)C1OC(C)=O. The molecular weight excluding hydrogens is 752 g/mol. The molecule has 20 heteroatoms. The van der Waals surface area contributed by atoms with Gasteiger partial charge in [-0.1, -0.05) is 0 Å². The van der Waals surface area contributed by atoms with Gasteiger partial charge in [0.15, 0.2) is 24.4 Å². The first kappa shape index (κ1) is 43.1. The number of rotatable bonds is 13. The Labute approximate surface area is 319 Å². The highest BCUT2D eigenvalue weighted by atomic mass is 16.8. The van der Waals surface area contributed by atoms with Crippen molar-refractivity contribution in [1.82, 2.24) is 0 Å². The zero-order chi connectivity index (χ0) is 41.5. The molecule has 1 aliphatic carbocycles. The van der Waals surface area contributed by atoms with E-state index < -0.39 is 128 Å². The molecule has 11 atom stereocenters. The average Bonchev–Trinajstić information content (AvgIpc) is 3.31. The lowest BCUT2D eigenvalue weighted by atomic mass is 9.83. The monoisotopic (exact) mass is 794 g/mol. The third-order valence-electron chi connectivity index (χ3n) is 8.58. The van der Waals surface area contributed by atoms with Gasteiger partial charge in [0.05, 0.1) is 17.7 Å². The smallest absolute Gasteiger partial charge is 0.338 e. The molecule has 1 aromatic rings. The third kappa shape index (κ3) is 10.6. The van der Waals surface area contributed by atoms with Gasteiger partial charge >= 0.3 is 47.8 Å². The highest BCUT2D eigenvalue weighted by Crippen LogP contribution is 2.50. The third-order valence-corrected chi connectivity index (χ3v) is 8.58. The van der Waals surface area contributed by atoms with Gasteiger partial charge in [-0.05, 0) is 30.3 Å². The molecule has 0 spiro atoms. The first-order valence-electron chi connectivity index (χ1n) is 17.1. The molecule has 0 radical (unpaired) electrons. The van der Waals surface area contributed by atoms with Crippen LogP contribution in [0.2, 0.25) is 0 Å². The number of aliphatic hydroxyl groups is 1. The molecule has 2 fully saturated rings. The molecule has 11 unspecified atom stereocenters. The first-order valence-corrected chi connectivity index (χ1v) is 17.1. The van der Waals surface area contributed by atoms with E-state index in [1.54, 1.807) is 0 Å². The Hall–Kier alpha value is -5.60. The Bertz CT molecular complexity index is 1700. The van der Waals surface area contributed by atoms with Crippen molar-refractivity contribution in [3.8, 4) is 5.75 Å². The van der Waals surface area contributed by atoms with E-state index in [0.29, 0.717) is 0 Å². The quantitative estimate of drug-likeness (QED) is 0.163. The number of hydrogen-bond acceptors (Lipinski definition) is 20. The number of esters is 8. The maximum absolute atomic E-state index is 13.5. The van der Waals surface area contributed by atoms with Crippen LogP contribution >= 0.6 is 0 Å². The highest BCUT2D eigenvalue weighted by molar-refractivity contribution is 5.90. The molecule has 1 N–H and O–H groups in total. The van der Waals surface area contributed by atoms with Crippen LogP contribution in [0.15, 0.2) is 36.6 Å². The van der Waals surface area contributed by atoms with E-state index in [4.69, 9.17) is 52.1 Å². The fourth-order valence-electron chi connectivity index (χ4n) is 6.61. The van der Waals surface area contributed by atoms with Gasteiger partial charge in [-0.2, -0.15) is 0 Å². The molecule has 1 aromatic carbocycles. The summed E-state index contributed by atoms with van der Waals surface area (Å²) in [4.78, 5) is 98.2. The van der Waals surface area contributed by atoms with Crippen LogP contribution in [0, 0.1) is 11.8 Å². The standard InChI is InChI=1S/C36H42O20/c1-16(37)47-14-26-29(50-19(4)40)30(51-20(5)41)31(52-21(6)42)35(54-26)56-34-27-25(12-13-46-34)28(32(53-22(7)43)36(27,45)15-48-17(2)38)55-33(44)23-8-10-24(11-9-23)49-18(3)39/h8-13,25-32,34-35,45H,14-15H2,1-7H3. The van der Waals surface area contributed by atoms with Crippen molar-refractivity contribution in [2.24, 2.45) is 11.8 Å². The molecular formula is C36H42O20. The Morgan fingerprint density at radius 1 is 0.643 bits per heavy atom. The maximum atomic E-state index is 13.5. The number of hydrogen-bond donors (Lipinski definition) is 1. The van der Waals surface area contributed by atoms with Crippen LogP contribution in [0.1, 0.15) is 58.8 Å².